The van der Waals surface area contributed by atoms with Crippen LogP contribution >= 0.6 is 11.8 Å². The molecule has 1 aromatic rings. The van der Waals surface area contributed by atoms with Gasteiger partial charge in [-0.1, -0.05) is 42.1 Å². The second-order valence-corrected chi connectivity index (χ2v) is 8.73. The molecule has 1 saturated heterocycles. The molecule has 108 valence electrons. The quantitative estimate of drug-likeness (QED) is 0.907. The lowest BCUT2D eigenvalue weighted by atomic mass is 10.1. The van der Waals surface area contributed by atoms with Crippen LogP contribution in [-0.2, 0) is 9.84 Å². The molecular weight excluding hydrogens is 292 g/mol. The predicted molar refractivity (Wildman–Crippen MR) is 83.9 cm³/mol. The summed E-state index contributed by atoms with van der Waals surface area (Å²) in [7, 11) is -2.79. The van der Waals surface area contributed by atoms with Crippen LogP contribution in [0.4, 0.5) is 0 Å². The van der Waals surface area contributed by atoms with Crippen molar-refractivity contribution in [3.63, 3.8) is 0 Å². The number of nitrogens with zero attached hydrogens (tertiary/aromatic N) is 1. The first-order valence-electron chi connectivity index (χ1n) is 6.85. The first kappa shape index (κ1) is 13.9. The van der Waals surface area contributed by atoms with Gasteiger partial charge in [-0.15, -0.1) is 0 Å². The maximum Gasteiger partial charge on any atom is 0.157 e. The van der Waals surface area contributed by atoms with E-state index in [1.807, 2.05) is 18.2 Å². The fourth-order valence-electron chi connectivity index (χ4n) is 2.50. The van der Waals surface area contributed by atoms with E-state index in [0.717, 1.165) is 11.7 Å². The van der Waals surface area contributed by atoms with E-state index in [1.165, 1.54) is 5.56 Å². The van der Waals surface area contributed by atoms with Gasteiger partial charge in [0.1, 0.15) is 9.84 Å². The molecule has 4 nitrogen and oxygen atoms in total. The fraction of sp³-hybridized carbons (Fsp3) is 0.500. The third-order valence-corrected chi connectivity index (χ3v) is 6.60. The number of hydrogen-bond donors (Lipinski definition) is 1. The Hall–Kier alpha value is -1.01. The van der Waals surface area contributed by atoms with Gasteiger partial charge in [-0.25, -0.2) is 8.42 Å². The maximum absolute atomic E-state index is 11.4. The van der Waals surface area contributed by atoms with E-state index in [0.29, 0.717) is 29.6 Å². The Morgan fingerprint density at radius 2 is 1.85 bits per heavy atom. The van der Waals surface area contributed by atoms with Gasteiger partial charge in [0.05, 0.1) is 23.3 Å². The van der Waals surface area contributed by atoms with Crippen molar-refractivity contribution in [2.75, 3.05) is 18.1 Å². The van der Waals surface area contributed by atoms with Crippen molar-refractivity contribution < 1.29 is 8.42 Å². The normalized spacial score (nSPS) is 26.2. The standard InChI is InChI=1S/C14H18N2O2S2/c17-20(18)8-6-12(7-9-20)16-14-15-10-13(19-14)11-4-2-1-3-5-11/h1-5,12-13H,6-10H2,(H,15,16). The van der Waals surface area contributed by atoms with Crippen molar-refractivity contribution in [2.24, 2.45) is 4.99 Å². The van der Waals surface area contributed by atoms with E-state index in [4.69, 9.17) is 0 Å². The molecule has 1 N–H and O–H groups in total. The van der Waals surface area contributed by atoms with Crippen LogP contribution in [0.1, 0.15) is 23.7 Å². The van der Waals surface area contributed by atoms with E-state index in [9.17, 15) is 8.42 Å². The maximum atomic E-state index is 11.4. The van der Waals surface area contributed by atoms with Gasteiger partial charge < -0.3 is 5.32 Å². The molecule has 6 heteroatoms. The second-order valence-electron chi connectivity index (χ2n) is 5.23. The zero-order chi connectivity index (χ0) is 14.0. The average Bonchev–Trinajstić information content (AvgIpc) is 2.91. The Kier molecular flexibility index (Phi) is 4.03. The summed E-state index contributed by atoms with van der Waals surface area (Å²) in [6.45, 7) is 0.794. The van der Waals surface area contributed by atoms with Crippen molar-refractivity contribution in [2.45, 2.75) is 24.1 Å². The van der Waals surface area contributed by atoms with Crippen LogP contribution < -0.4 is 5.32 Å². The Labute approximate surface area is 124 Å². The highest BCUT2D eigenvalue weighted by molar-refractivity contribution is 8.14. The molecule has 2 heterocycles. The Morgan fingerprint density at radius 1 is 1.15 bits per heavy atom. The molecule has 1 atom stereocenters. The highest BCUT2D eigenvalue weighted by Gasteiger charge is 2.27. The molecule has 0 aromatic heterocycles. The van der Waals surface area contributed by atoms with Crippen LogP contribution in [0.25, 0.3) is 0 Å². The van der Waals surface area contributed by atoms with Gasteiger partial charge in [-0.3, -0.25) is 4.99 Å². The molecule has 0 bridgehead atoms. The molecule has 1 unspecified atom stereocenters. The van der Waals surface area contributed by atoms with E-state index >= 15 is 0 Å². The number of hydrogen-bond acceptors (Lipinski definition) is 5. The van der Waals surface area contributed by atoms with Crippen molar-refractivity contribution >= 4 is 26.8 Å². The number of nitrogens with one attached hydrogen (secondary N) is 1. The van der Waals surface area contributed by atoms with Crippen molar-refractivity contribution in [1.29, 1.82) is 0 Å². The zero-order valence-electron chi connectivity index (χ0n) is 11.2. The van der Waals surface area contributed by atoms with Crippen LogP contribution in [0, 0.1) is 0 Å². The van der Waals surface area contributed by atoms with E-state index in [2.05, 4.69) is 22.4 Å². The molecule has 0 aliphatic carbocycles. The summed E-state index contributed by atoms with van der Waals surface area (Å²) in [5.74, 6) is 0.593. The van der Waals surface area contributed by atoms with Crippen molar-refractivity contribution in [3.05, 3.63) is 35.9 Å². The average molecular weight is 310 g/mol. The number of sulfone groups is 1. The highest BCUT2D eigenvalue weighted by atomic mass is 32.2. The molecule has 1 aromatic carbocycles. The summed E-state index contributed by atoms with van der Waals surface area (Å²) in [5, 5.41) is 4.75. The SMILES string of the molecule is O=S1(=O)CCC(NC2=NCC(c3ccccc3)S2)CC1. The van der Waals surface area contributed by atoms with Crippen molar-refractivity contribution in [3.8, 4) is 0 Å². The van der Waals surface area contributed by atoms with Gasteiger partial charge in [0.2, 0.25) is 0 Å². The van der Waals surface area contributed by atoms with E-state index < -0.39 is 9.84 Å². The van der Waals surface area contributed by atoms with Crippen LogP contribution in [0.5, 0.6) is 0 Å². The molecule has 0 spiro atoms. The molecule has 20 heavy (non-hydrogen) atoms. The van der Waals surface area contributed by atoms with E-state index in [-0.39, 0.29) is 6.04 Å². The number of rotatable bonds is 2. The Balaban J connectivity index is 1.54. The van der Waals surface area contributed by atoms with Gasteiger partial charge in [-0.05, 0) is 18.4 Å². The zero-order valence-corrected chi connectivity index (χ0v) is 12.8. The van der Waals surface area contributed by atoms with Crippen LogP contribution in [0.2, 0.25) is 0 Å². The summed E-state index contributed by atoms with van der Waals surface area (Å²) in [6, 6.07) is 10.6. The molecule has 2 aliphatic rings. The Bertz CT molecular complexity index is 585. The lowest BCUT2D eigenvalue weighted by molar-refractivity contribution is 0.522. The second kappa shape index (κ2) is 5.77. The smallest absolute Gasteiger partial charge is 0.157 e. The minimum Gasteiger partial charge on any atom is -0.362 e. The molecule has 1 fully saturated rings. The van der Waals surface area contributed by atoms with Gasteiger partial charge in [0.15, 0.2) is 5.17 Å². The number of aliphatic imine (C=N–C) groups is 1. The third kappa shape index (κ3) is 3.35. The summed E-state index contributed by atoms with van der Waals surface area (Å²) in [4.78, 5) is 4.54. The summed E-state index contributed by atoms with van der Waals surface area (Å²) >= 11 is 1.75. The Morgan fingerprint density at radius 3 is 2.55 bits per heavy atom. The monoisotopic (exact) mass is 310 g/mol. The minimum absolute atomic E-state index is 0.249. The van der Waals surface area contributed by atoms with Crippen LogP contribution in [0.15, 0.2) is 35.3 Å². The summed E-state index contributed by atoms with van der Waals surface area (Å²) < 4.78 is 22.8. The number of thioether (sulfide) groups is 1. The minimum atomic E-state index is -2.79. The van der Waals surface area contributed by atoms with Gasteiger partial charge in [-0.2, -0.15) is 0 Å². The lowest BCUT2D eigenvalue weighted by Gasteiger charge is -2.23. The highest BCUT2D eigenvalue weighted by Crippen LogP contribution is 2.34. The largest absolute Gasteiger partial charge is 0.362 e. The van der Waals surface area contributed by atoms with Crippen LogP contribution in [-0.4, -0.2) is 37.7 Å². The molecule has 3 rings (SSSR count). The topological polar surface area (TPSA) is 58.5 Å². The van der Waals surface area contributed by atoms with Crippen molar-refractivity contribution in [1.82, 2.24) is 5.32 Å². The van der Waals surface area contributed by atoms with E-state index in [1.54, 1.807) is 11.8 Å². The van der Waals surface area contributed by atoms with Gasteiger partial charge in [0, 0.05) is 6.04 Å². The van der Waals surface area contributed by atoms with Gasteiger partial charge >= 0.3 is 0 Å². The van der Waals surface area contributed by atoms with Crippen LogP contribution in [0.3, 0.4) is 0 Å². The molecule has 0 radical (unpaired) electrons. The molecule has 0 amide bonds. The van der Waals surface area contributed by atoms with Gasteiger partial charge in [0.25, 0.3) is 0 Å². The molecule has 2 aliphatic heterocycles. The third-order valence-electron chi connectivity index (χ3n) is 3.71. The summed E-state index contributed by atoms with van der Waals surface area (Å²) in [6.07, 6.45) is 1.38. The first-order chi connectivity index (χ1) is 9.62. The molecule has 0 saturated carbocycles. The lowest BCUT2D eigenvalue weighted by Crippen LogP contribution is -2.39. The fourth-order valence-corrected chi connectivity index (χ4v) is 5.09. The predicted octanol–water partition coefficient (Wildman–Crippen LogP) is 2.00. The number of benzene rings is 1. The molecular formula is C14H18N2O2S2. The summed E-state index contributed by atoms with van der Waals surface area (Å²) in [5.41, 5.74) is 1.30. The number of amidine groups is 1. The first-order valence-corrected chi connectivity index (χ1v) is 9.55.